The molecule has 0 aromatic rings. The van der Waals surface area contributed by atoms with Crippen LogP contribution in [0.2, 0.25) is 0 Å². The number of carboxylic acids is 2. The molecule has 0 radical (unpaired) electrons. The van der Waals surface area contributed by atoms with Crippen LogP contribution in [0.3, 0.4) is 0 Å². The van der Waals surface area contributed by atoms with Crippen LogP contribution in [0.4, 0.5) is 0 Å². The average Bonchev–Trinajstić information content (AvgIpc) is 2.30. The molecular weight excluding hydrogens is 272 g/mol. The highest BCUT2D eigenvalue weighted by molar-refractivity contribution is 8.18. The average molecular weight is 292 g/mol. The molecule has 0 spiro atoms. The number of aliphatic carboxylic acids is 2. The molecule has 0 atom stereocenters. The molecule has 0 amide bonds. The first-order valence-electron chi connectivity index (χ1n) is 6.07. The summed E-state index contributed by atoms with van der Waals surface area (Å²) in [6, 6.07) is 0. The van der Waals surface area contributed by atoms with Crippen molar-refractivity contribution in [1.29, 1.82) is 0 Å². The molecule has 0 aromatic heterocycles. The van der Waals surface area contributed by atoms with Gasteiger partial charge in [-0.15, -0.1) is 23.5 Å². The molecular formula is C12H20O4S2-2. The normalized spacial score (nSPS) is 11.4. The third kappa shape index (κ3) is 9.65. The van der Waals surface area contributed by atoms with Crippen LogP contribution < -0.4 is 10.2 Å². The molecule has 0 unspecified atom stereocenters. The lowest BCUT2D eigenvalue weighted by Crippen LogP contribution is -2.30. The molecule has 0 saturated carbocycles. The summed E-state index contributed by atoms with van der Waals surface area (Å²) in [5.41, 5.74) is 0. The first kappa shape index (κ1) is 17.6. The molecule has 0 bridgehead atoms. The van der Waals surface area contributed by atoms with E-state index in [1.165, 1.54) is 23.5 Å². The molecule has 0 aliphatic carbocycles. The summed E-state index contributed by atoms with van der Waals surface area (Å²) in [6.07, 6.45) is 5.14. The number of hydrogen-bond acceptors (Lipinski definition) is 6. The summed E-state index contributed by atoms with van der Waals surface area (Å²) in [4.78, 5) is 21.0. The minimum Gasteiger partial charge on any atom is -0.549 e. The lowest BCUT2D eigenvalue weighted by atomic mass is 10.1. The van der Waals surface area contributed by atoms with Crippen LogP contribution in [0.15, 0.2) is 0 Å². The van der Waals surface area contributed by atoms with Crippen LogP contribution in [0.5, 0.6) is 0 Å². The summed E-state index contributed by atoms with van der Waals surface area (Å²) in [5.74, 6) is -2.45. The van der Waals surface area contributed by atoms with Crippen molar-refractivity contribution in [3.8, 4) is 0 Å². The number of hydrogen-bond donors (Lipinski definition) is 0. The fraction of sp³-hybridized carbons (Fsp3) is 0.833. The molecule has 0 N–H and O–H groups in total. The highest BCUT2D eigenvalue weighted by Crippen LogP contribution is 2.41. The van der Waals surface area contributed by atoms with E-state index in [2.05, 4.69) is 6.92 Å². The monoisotopic (exact) mass is 292 g/mol. The first-order chi connectivity index (χ1) is 8.39. The molecule has 0 fully saturated rings. The van der Waals surface area contributed by atoms with Crippen LogP contribution in [0.1, 0.15) is 46.0 Å². The van der Waals surface area contributed by atoms with E-state index in [0.717, 1.165) is 32.1 Å². The van der Waals surface area contributed by atoms with Gasteiger partial charge in [-0.2, -0.15) is 0 Å². The van der Waals surface area contributed by atoms with Crippen LogP contribution in [0.25, 0.3) is 0 Å². The third-order valence-corrected chi connectivity index (χ3v) is 5.57. The van der Waals surface area contributed by atoms with Crippen molar-refractivity contribution in [2.24, 2.45) is 0 Å². The van der Waals surface area contributed by atoms with Gasteiger partial charge in [-0.3, -0.25) is 0 Å². The lowest BCUT2D eigenvalue weighted by Gasteiger charge is -2.29. The quantitative estimate of drug-likeness (QED) is 0.411. The van der Waals surface area contributed by atoms with Crippen molar-refractivity contribution in [1.82, 2.24) is 0 Å². The minimum atomic E-state index is -1.12. The molecule has 18 heavy (non-hydrogen) atoms. The largest absolute Gasteiger partial charge is 0.549 e. The highest BCUT2D eigenvalue weighted by Gasteiger charge is 2.24. The van der Waals surface area contributed by atoms with Gasteiger partial charge in [0.15, 0.2) is 0 Å². The third-order valence-electron chi connectivity index (χ3n) is 2.48. The van der Waals surface area contributed by atoms with Crippen molar-refractivity contribution < 1.29 is 19.8 Å². The van der Waals surface area contributed by atoms with Gasteiger partial charge < -0.3 is 19.8 Å². The van der Waals surface area contributed by atoms with Crippen molar-refractivity contribution >= 4 is 35.5 Å². The maximum absolute atomic E-state index is 10.5. The second-order valence-electron chi connectivity index (χ2n) is 4.27. The van der Waals surface area contributed by atoms with Crippen molar-refractivity contribution in [2.75, 3.05) is 11.5 Å². The smallest absolute Gasteiger partial charge is 0.0590 e. The summed E-state index contributed by atoms with van der Waals surface area (Å²) in [7, 11) is 0. The number of unbranched alkanes of at least 4 members (excludes halogenated alkanes) is 3. The van der Waals surface area contributed by atoms with Crippen LogP contribution >= 0.6 is 23.5 Å². The Morgan fingerprint density at radius 2 is 1.50 bits per heavy atom. The summed E-state index contributed by atoms with van der Waals surface area (Å²) in [6.45, 7) is 4.01. The van der Waals surface area contributed by atoms with Crippen LogP contribution in [-0.4, -0.2) is 27.5 Å². The van der Waals surface area contributed by atoms with E-state index in [9.17, 15) is 19.8 Å². The zero-order valence-corrected chi connectivity index (χ0v) is 12.5. The van der Waals surface area contributed by atoms with E-state index >= 15 is 0 Å². The number of carboxylic acid groups (broad SMARTS) is 2. The van der Waals surface area contributed by atoms with Gasteiger partial charge in [0.1, 0.15) is 0 Å². The predicted molar refractivity (Wildman–Crippen MR) is 72.1 cm³/mol. The van der Waals surface area contributed by atoms with E-state index in [-0.39, 0.29) is 11.5 Å². The van der Waals surface area contributed by atoms with E-state index < -0.39 is 16.0 Å². The molecule has 0 aromatic carbocycles. The van der Waals surface area contributed by atoms with E-state index in [1.54, 1.807) is 0 Å². The van der Waals surface area contributed by atoms with Gasteiger partial charge in [0, 0.05) is 11.5 Å². The zero-order valence-electron chi connectivity index (χ0n) is 10.9. The Labute approximate surface area is 117 Å². The van der Waals surface area contributed by atoms with E-state index in [4.69, 9.17) is 0 Å². The van der Waals surface area contributed by atoms with E-state index in [0.29, 0.717) is 0 Å². The van der Waals surface area contributed by atoms with Crippen molar-refractivity contribution in [3.63, 3.8) is 0 Å². The standard InChI is InChI=1S/C12H22O4S2/c1-3-4-5-6-7-12(2,17-8-10(13)14)18-9-11(15)16/h3-9H2,1-2H3,(H,13,14)(H,15,16)/p-2. The molecule has 0 rings (SSSR count). The summed E-state index contributed by atoms with van der Waals surface area (Å²) in [5, 5.41) is 21.0. The number of carbonyl (C=O) groups excluding carboxylic acids is 2. The SMILES string of the molecule is CCCCCCC(C)(SCC(=O)[O-])SCC(=O)[O-]. The minimum absolute atomic E-state index is 0.107. The molecule has 6 heteroatoms. The summed E-state index contributed by atoms with van der Waals surface area (Å²) < 4.78 is -0.395. The Kier molecular flexibility index (Phi) is 9.36. The number of thioether (sulfide) groups is 2. The van der Waals surface area contributed by atoms with Gasteiger partial charge in [-0.1, -0.05) is 32.6 Å². The zero-order chi connectivity index (χ0) is 14.0. The number of carbonyl (C=O) groups is 2. The maximum Gasteiger partial charge on any atom is 0.0590 e. The Bertz CT molecular complexity index is 251. The summed E-state index contributed by atoms with van der Waals surface area (Å²) >= 11 is 2.48. The fourth-order valence-corrected chi connectivity index (χ4v) is 3.59. The Balaban J connectivity index is 4.19. The van der Waals surface area contributed by atoms with Crippen LogP contribution in [-0.2, 0) is 9.59 Å². The second kappa shape index (κ2) is 9.55. The molecule has 0 aliphatic heterocycles. The molecule has 4 nitrogen and oxygen atoms in total. The van der Waals surface area contributed by atoms with E-state index in [1.807, 2.05) is 6.92 Å². The predicted octanol–water partition coefficient (Wildman–Crippen LogP) is 0.639. The molecule has 0 heterocycles. The molecule has 0 aliphatic rings. The topological polar surface area (TPSA) is 80.3 Å². The highest BCUT2D eigenvalue weighted by atomic mass is 32.2. The van der Waals surface area contributed by atoms with Gasteiger partial charge in [0.05, 0.1) is 16.0 Å². The second-order valence-corrected chi connectivity index (χ2v) is 7.48. The first-order valence-corrected chi connectivity index (χ1v) is 8.04. The number of rotatable bonds is 11. The molecule has 106 valence electrons. The Morgan fingerprint density at radius 3 is 1.89 bits per heavy atom. The van der Waals surface area contributed by atoms with Gasteiger partial charge in [0.2, 0.25) is 0 Å². The fourth-order valence-electron chi connectivity index (χ4n) is 1.48. The van der Waals surface area contributed by atoms with Gasteiger partial charge in [-0.25, -0.2) is 0 Å². The van der Waals surface area contributed by atoms with Gasteiger partial charge in [-0.05, 0) is 13.3 Å². The van der Waals surface area contributed by atoms with Gasteiger partial charge in [0.25, 0.3) is 0 Å². The van der Waals surface area contributed by atoms with Crippen molar-refractivity contribution in [3.05, 3.63) is 0 Å². The van der Waals surface area contributed by atoms with Crippen molar-refractivity contribution in [2.45, 2.75) is 50.0 Å². The molecule has 0 saturated heterocycles. The lowest BCUT2D eigenvalue weighted by molar-refractivity contribution is -0.302. The van der Waals surface area contributed by atoms with Gasteiger partial charge >= 0.3 is 0 Å². The van der Waals surface area contributed by atoms with Crippen LogP contribution in [0, 0.1) is 0 Å². The maximum atomic E-state index is 10.5. The Hall–Kier alpha value is -0.360. The Morgan fingerprint density at radius 1 is 1.00 bits per heavy atom.